The van der Waals surface area contributed by atoms with E-state index < -0.39 is 30.3 Å². The zero-order valence-corrected chi connectivity index (χ0v) is 11.7. The zero-order valence-electron chi connectivity index (χ0n) is 11.7. The molecule has 19 heavy (non-hydrogen) atoms. The van der Waals surface area contributed by atoms with Crippen molar-refractivity contribution in [2.75, 3.05) is 13.2 Å². The third-order valence-corrected chi connectivity index (χ3v) is 3.91. The van der Waals surface area contributed by atoms with E-state index in [1.165, 1.54) is 19.3 Å². The molecule has 4 N–H and O–H groups in total. The maximum atomic E-state index is 9.85. The Morgan fingerprint density at radius 1 is 0.947 bits per heavy atom. The molecule has 114 valence electrons. The number of rotatable bonds is 8. The Morgan fingerprint density at radius 2 is 1.63 bits per heavy atom. The molecule has 0 saturated heterocycles. The van der Waals surface area contributed by atoms with Crippen molar-refractivity contribution in [3.63, 3.8) is 0 Å². The van der Waals surface area contributed by atoms with Crippen molar-refractivity contribution in [1.82, 2.24) is 0 Å². The second-order valence-electron chi connectivity index (χ2n) is 5.47. The van der Waals surface area contributed by atoms with Gasteiger partial charge in [0, 0.05) is 19.1 Å². The predicted octanol–water partition coefficient (Wildman–Crippen LogP) is 0.437. The van der Waals surface area contributed by atoms with Crippen LogP contribution in [0.2, 0.25) is 0 Å². The van der Waals surface area contributed by atoms with Gasteiger partial charge >= 0.3 is 0 Å². The molecule has 1 unspecified atom stereocenters. The van der Waals surface area contributed by atoms with Crippen molar-refractivity contribution in [1.29, 1.82) is 0 Å². The molecule has 5 atom stereocenters. The second kappa shape index (κ2) is 8.87. The predicted molar refractivity (Wildman–Crippen MR) is 71.7 cm³/mol. The van der Waals surface area contributed by atoms with Gasteiger partial charge in [0.2, 0.25) is 0 Å². The minimum absolute atomic E-state index is 0.207. The molecule has 0 aromatic heterocycles. The normalized spacial score (nSPS) is 35.5. The first-order valence-electron chi connectivity index (χ1n) is 7.38. The summed E-state index contributed by atoms with van der Waals surface area (Å²) in [6.45, 7) is 2.50. The highest BCUT2D eigenvalue weighted by atomic mass is 16.5. The maximum Gasteiger partial charge on any atom is 0.109 e. The minimum atomic E-state index is -1.24. The van der Waals surface area contributed by atoms with E-state index in [1.54, 1.807) is 0 Å². The summed E-state index contributed by atoms with van der Waals surface area (Å²) in [6, 6.07) is 0. The largest absolute Gasteiger partial charge is 0.396 e. The number of hydrogen-bond donors (Lipinski definition) is 4. The van der Waals surface area contributed by atoms with Gasteiger partial charge in [0.05, 0.1) is 12.2 Å². The molecule has 1 fully saturated rings. The first-order chi connectivity index (χ1) is 9.11. The van der Waals surface area contributed by atoms with E-state index in [1.807, 2.05) is 0 Å². The Balaban J connectivity index is 2.28. The smallest absolute Gasteiger partial charge is 0.109 e. The van der Waals surface area contributed by atoms with Crippen LogP contribution in [-0.2, 0) is 4.74 Å². The molecule has 1 aliphatic rings. The van der Waals surface area contributed by atoms with Crippen molar-refractivity contribution in [3.05, 3.63) is 0 Å². The van der Waals surface area contributed by atoms with Gasteiger partial charge in [-0.3, -0.25) is 0 Å². The van der Waals surface area contributed by atoms with Crippen LogP contribution in [0.4, 0.5) is 0 Å². The maximum absolute atomic E-state index is 9.85. The van der Waals surface area contributed by atoms with E-state index in [2.05, 4.69) is 6.92 Å². The molecule has 0 heterocycles. The lowest BCUT2D eigenvalue weighted by Gasteiger charge is -2.39. The summed E-state index contributed by atoms with van der Waals surface area (Å²) in [7, 11) is 0. The number of unbranched alkanes of at least 4 members (excludes halogenated alkanes) is 4. The van der Waals surface area contributed by atoms with Gasteiger partial charge < -0.3 is 25.2 Å². The molecule has 0 aromatic rings. The van der Waals surface area contributed by atoms with Crippen LogP contribution in [0, 0.1) is 5.92 Å². The highest BCUT2D eigenvalue weighted by Crippen LogP contribution is 2.27. The van der Waals surface area contributed by atoms with Gasteiger partial charge in [0.1, 0.15) is 12.2 Å². The summed E-state index contributed by atoms with van der Waals surface area (Å²) in [6.07, 6.45) is 2.14. The average Bonchev–Trinajstić information content (AvgIpc) is 2.42. The summed E-state index contributed by atoms with van der Waals surface area (Å²) in [5.41, 5.74) is 0. The van der Waals surface area contributed by atoms with Gasteiger partial charge in [-0.1, -0.05) is 32.6 Å². The third kappa shape index (κ3) is 5.00. The highest BCUT2D eigenvalue weighted by Gasteiger charge is 2.42. The monoisotopic (exact) mass is 276 g/mol. The van der Waals surface area contributed by atoms with Crippen LogP contribution in [0.1, 0.15) is 45.4 Å². The molecule has 5 nitrogen and oxygen atoms in total. The molecule has 1 aliphatic carbocycles. The molecule has 0 bridgehead atoms. The molecule has 1 saturated carbocycles. The van der Waals surface area contributed by atoms with Gasteiger partial charge in [-0.25, -0.2) is 0 Å². The molecule has 0 amide bonds. The van der Waals surface area contributed by atoms with E-state index in [9.17, 15) is 15.3 Å². The fourth-order valence-corrected chi connectivity index (χ4v) is 2.57. The fraction of sp³-hybridized carbons (Fsp3) is 1.00. The van der Waals surface area contributed by atoms with Crippen molar-refractivity contribution in [2.45, 2.75) is 69.9 Å². The Kier molecular flexibility index (Phi) is 7.87. The van der Waals surface area contributed by atoms with Crippen molar-refractivity contribution in [2.24, 2.45) is 5.92 Å². The van der Waals surface area contributed by atoms with Crippen LogP contribution in [0.3, 0.4) is 0 Å². The van der Waals surface area contributed by atoms with Gasteiger partial charge in [-0.15, -0.1) is 0 Å². The number of hydrogen-bond acceptors (Lipinski definition) is 5. The van der Waals surface area contributed by atoms with Crippen LogP contribution >= 0.6 is 0 Å². The SMILES string of the molecule is CCCCCCCOC1C[C@H](CO)[C@@H](O)[C@H](O)[C@H]1O. The standard InChI is InChI=1S/C14H28O5/c1-2-3-4-5-6-7-19-11-8-10(9-15)12(16)14(18)13(11)17/h10-18H,2-9H2,1H3/t10-,11?,12-,13+,14+/m1/s1. The van der Waals surface area contributed by atoms with Crippen molar-refractivity contribution in [3.8, 4) is 0 Å². The summed E-state index contributed by atoms with van der Waals surface area (Å²) < 4.78 is 5.59. The Morgan fingerprint density at radius 3 is 2.26 bits per heavy atom. The number of ether oxygens (including phenoxy) is 1. The van der Waals surface area contributed by atoms with E-state index in [0.717, 1.165) is 12.8 Å². The summed E-state index contributed by atoms with van der Waals surface area (Å²) in [5, 5.41) is 38.4. The molecule has 0 radical (unpaired) electrons. The average molecular weight is 276 g/mol. The van der Waals surface area contributed by atoms with Crippen LogP contribution in [0.5, 0.6) is 0 Å². The Hall–Kier alpha value is -0.200. The van der Waals surface area contributed by atoms with Crippen LogP contribution in [0.25, 0.3) is 0 Å². The Bertz CT molecular complexity index is 234. The van der Waals surface area contributed by atoms with E-state index >= 15 is 0 Å². The van der Waals surface area contributed by atoms with Crippen LogP contribution in [0.15, 0.2) is 0 Å². The quantitative estimate of drug-likeness (QED) is 0.483. The lowest BCUT2D eigenvalue weighted by atomic mass is 9.81. The lowest BCUT2D eigenvalue weighted by Crippen LogP contribution is -2.55. The minimum Gasteiger partial charge on any atom is -0.396 e. The highest BCUT2D eigenvalue weighted by molar-refractivity contribution is 4.93. The van der Waals surface area contributed by atoms with Gasteiger partial charge in [0.15, 0.2) is 0 Å². The Labute approximate surface area is 115 Å². The summed E-state index contributed by atoms with van der Waals surface area (Å²) in [4.78, 5) is 0. The second-order valence-corrected chi connectivity index (χ2v) is 5.47. The first-order valence-corrected chi connectivity index (χ1v) is 7.38. The van der Waals surface area contributed by atoms with E-state index in [0.29, 0.717) is 13.0 Å². The van der Waals surface area contributed by atoms with Crippen molar-refractivity contribution < 1.29 is 25.2 Å². The molecule has 0 spiro atoms. The van der Waals surface area contributed by atoms with Crippen LogP contribution < -0.4 is 0 Å². The van der Waals surface area contributed by atoms with Crippen LogP contribution in [-0.4, -0.2) is 58.1 Å². The van der Waals surface area contributed by atoms with Gasteiger partial charge in [0.25, 0.3) is 0 Å². The molecule has 1 rings (SSSR count). The zero-order chi connectivity index (χ0) is 14.3. The summed E-state index contributed by atoms with van der Waals surface area (Å²) >= 11 is 0. The molecule has 0 aliphatic heterocycles. The topological polar surface area (TPSA) is 90.2 Å². The first kappa shape index (κ1) is 16.9. The van der Waals surface area contributed by atoms with Gasteiger partial charge in [-0.2, -0.15) is 0 Å². The molecule has 0 aromatic carbocycles. The summed E-state index contributed by atoms with van der Waals surface area (Å²) in [5.74, 6) is -0.427. The lowest BCUT2D eigenvalue weighted by molar-refractivity contribution is -0.178. The van der Waals surface area contributed by atoms with E-state index in [-0.39, 0.29) is 6.61 Å². The van der Waals surface area contributed by atoms with Gasteiger partial charge in [-0.05, 0) is 12.8 Å². The number of aliphatic hydroxyl groups is 4. The molecular weight excluding hydrogens is 248 g/mol. The number of aliphatic hydroxyl groups excluding tert-OH is 4. The van der Waals surface area contributed by atoms with E-state index in [4.69, 9.17) is 9.84 Å². The van der Waals surface area contributed by atoms with Crippen molar-refractivity contribution >= 4 is 0 Å². The fourth-order valence-electron chi connectivity index (χ4n) is 2.57. The third-order valence-electron chi connectivity index (χ3n) is 3.91. The molecular formula is C14H28O5. The molecule has 5 heteroatoms.